The lowest BCUT2D eigenvalue weighted by Crippen LogP contribution is -2.62. The molecule has 4 N–H and O–H groups in total. The van der Waals surface area contributed by atoms with Crippen LogP contribution in [0.25, 0.3) is 10.9 Å². The number of aryl methyl sites for hydroxylation is 1. The zero-order chi connectivity index (χ0) is 34.6. The number of alkyl carbamates (subject to hydrolysis) is 1. The summed E-state index contributed by atoms with van der Waals surface area (Å²) in [4.78, 5) is 57.1. The van der Waals surface area contributed by atoms with Crippen molar-refractivity contribution in [1.29, 1.82) is 0 Å². The molecule has 0 fully saturated rings. The van der Waals surface area contributed by atoms with Gasteiger partial charge in [0, 0.05) is 34.9 Å². The van der Waals surface area contributed by atoms with Gasteiger partial charge in [-0.3, -0.25) is 9.59 Å². The van der Waals surface area contributed by atoms with Crippen LogP contribution in [0.3, 0.4) is 0 Å². The van der Waals surface area contributed by atoms with Gasteiger partial charge in [0.15, 0.2) is 5.78 Å². The van der Waals surface area contributed by atoms with Crippen molar-refractivity contribution in [2.45, 2.75) is 90.3 Å². The molecule has 1 aliphatic carbocycles. The van der Waals surface area contributed by atoms with E-state index in [1.807, 2.05) is 58.0 Å². The molecule has 0 saturated heterocycles. The predicted octanol–water partition coefficient (Wildman–Crippen LogP) is 6.62. The summed E-state index contributed by atoms with van der Waals surface area (Å²) in [6.07, 6.45) is 1.38. The Balaban J connectivity index is 1.48. The summed E-state index contributed by atoms with van der Waals surface area (Å²) in [7, 11) is 0. The maximum atomic E-state index is 14.7. The molecule has 11 nitrogen and oxygen atoms in total. The number of hydrogen-bond donors (Lipinski definition) is 4. The van der Waals surface area contributed by atoms with Gasteiger partial charge in [-0.25, -0.2) is 14.7 Å². The summed E-state index contributed by atoms with van der Waals surface area (Å²) in [5.74, 6) is -2.16. The van der Waals surface area contributed by atoms with Gasteiger partial charge in [0.2, 0.25) is 11.8 Å². The Bertz CT molecular complexity index is 1840. The van der Waals surface area contributed by atoms with Crippen LogP contribution in [0.1, 0.15) is 82.0 Å². The van der Waals surface area contributed by atoms with E-state index >= 15 is 0 Å². The van der Waals surface area contributed by atoms with Gasteiger partial charge in [0.05, 0.1) is 10.5 Å². The third-order valence-corrected chi connectivity index (χ3v) is 10.2. The summed E-state index contributed by atoms with van der Waals surface area (Å²) in [5.41, 5.74) is 1.89. The lowest BCUT2D eigenvalue weighted by molar-refractivity contribution is -0.134. The van der Waals surface area contributed by atoms with E-state index in [1.54, 1.807) is 12.1 Å². The van der Waals surface area contributed by atoms with Crippen molar-refractivity contribution in [3.8, 4) is 0 Å². The van der Waals surface area contributed by atoms with Gasteiger partial charge >= 0.3 is 11.8 Å². The second-order valence-corrected chi connectivity index (χ2v) is 13.6. The number of hydrogen-bond acceptors (Lipinski definition) is 7. The highest BCUT2D eigenvalue weighted by Gasteiger charge is 2.46. The molecule has 0 spiro atoms. The average Bonchev–Trinajstić information content (AvgIpc) is 3.67. The molecule has 5 rings (SSSR count). The molecule has 2 aromatic carbocycles. The molecular weight excluding hydrogens is 657 g/mol. The highest BCUT2D eigenvalue weighted by molar-refractivity contribution is 6.38. The van der Waals surface area contributed by atoms with Crippen LogP contribution in [0.4, 0.5) is 4.79 Å². The minimum absolute atomic E-state index is 0.0389. The molecule has 0 radical (unpaired) electrons. The number of ether oxygens (including phenoxy) is 1. The van der Waals surface area contributed by atoms with Crippen LogP contribution < -0.4 is 16.4 Å². The molecule has 256 valence electrons. The number of amides is 2. The van der Waals surface area contributed by atoms with Crippen LogP contribution in [0, 0.1) is 11.8 Å². The highest BCUT2D eigenvalue weighted by atomic mass is 35.5. The van der Waals surface area contributed by atoms with E-state index in [0.29, 0.717) is 34.8 Å². The van der Waals surface area contributed by atoms with E-state index < -0.39 is 35.3 Å². The van der Waals surface area contributed by atoms with E-state index in [0.717, 1.165) is 22.2 Å². The maximum Gasteiger partial charge on any atom is 0.434 e. The van der Waals surface area contributed by atoms with Gasteiger partial charge in [-0.05, 0) is 47.9 Å². The number of aromatic amines is 2. The van der Waals surface area contributed by atoms with Gasteiger partial charge in [0.1, 0.15) is 18.2 Å². The van der Waals surface area contributed by atoms with Crippen LogP contribution in [-0.4, -0.2) is 44.5 Å². The van der Waals surface area contributed by atoms with E-state index in [1.165, 1.54) is 0 Å². The lowest BCUT2D eigenvalue weighted by atomic mass is 9.73. The molecule has 2 aromatic heterocycles. The third-order valence-electron chi connectivity index (χ3n) is 9.69. The maximum absolute atomic E-state index is 14.7. The molecule has 1 aliphatic rings. The van der Waals surface area contributed by atoms with Crippen molar-refractivity contribution in [1.82, 2.24) is 25.8 Å². The molecular formula is C35H41Cl2N5O6. The van der Waals surface area contributed by atoms with Gasteiger partial charge in [-0.1, -0.05) is 94.1 Å². The number of fused-ring (bicyclic) bond motifs is 3. The summed E-state index contributed by atoms with van der Waals surface area (Å²) in [5, 5.41) is 13.9. The number of aromatic nitrogens is 3. The Labute approximate surface area is 288 Å². The van der Waals surface area contributed by atoms with Crippen molar-refractivity contribution in [3.05, 3.63) is 85.8 Å². The van der Waals surface area contributed by atoms with Crippen molar-refractivity contribution in [2.24, 2.45) is 11.8 Å². The fraction of sp³-hybridized carbons (Fsp3) is 0.457. The number of nitrogens with zero attached hydrogens (tertiary/aromatic N) is 1. The van der Waals surface area contributed by atoms with Gasteiger partial charge in [0.25, 0.3) is 0 Å². The Morgan fingerprint density at radius 1 is 1.08 bits per heavy atom. The highest BCUT2D eigenvalue weighted by Crippen LogP contribution is 2.40. The number of H-pyrrole nitrogens is 2. The predicted molar refractivity (Wildman–Crippen MR) is 183 cm³/mol. The number of nitrogens with one attached hydrogen (secondary N) is 4. The topological polar surface area (TPSA) is 159 Å². The molecule has 2 amide bonds. The first-order chi connectivity index (χ1) is 22.9. The molecule has 48 heavy (non-hydrogen) atoms. The second kappa shape index (κ2) is 15.0. The minimum Gasteiger partial charge on any atom is -0.445 e. The van der Waals surface area contributed by atoms with E-state index in [4.69, 9.17) is 32.4 Å². The summed E-state index contributed by atoms with van der Waals surface area (Å²) >= 11 is 12.9. The molecule has 5 atom stereocenters. The average molecular weight is 699 g/mol. The number of ketones is 1. The largest absolute Gasteiger partial charge is 0.445 e. The van der Waals surface area contributed by atoms with Crippen LogP contribution in [0.5, 0.6) is 0 Å². The number of rotatable bonds is 13. The fourth-order valence-corrected chi connectivity index (χ4v) is 6.95. The van der Waals surface area contributed by atoms with Crippen LogP contribution >= 0.6 is 23.2 Å². The standard InChI is InChI=1S/C35H41Cl2N5O6/c1-5-19(3)23(32-41-42-34(46)48-32)16-28(43)35(13-12-27-25(17-35)24-14-22(36)15-26(37)30(24)38-27)40-31(44)29(20(4)6-2)39-33(45)47-18-21-10-8-7-9-11-21/h7-11,14-15,19-20,23,29,38H,5-6,12-13,16-18H2,1-4H3,(H,39,45)(H,40,44)(H,42,46)/t19?,20?,23-,29-,35-/m0/s1. The monoisotopic (exact) mass is 697 g/mol. The van der Waals surface area contributed by atoms with E-state index in [-0.39, 0.29) is 49.4 Å². The number of Topliss-reactive ketones (excluding diaryl/α,β-unsaturated/α-hetero) is 1. The Hall–Kier alpha value is -4.09. The first-order valence-electron chi connectivity index (χ1n) is 16.3. The summed E-state index contributed by atoms with van der Waals surface area (Å²) < 4.78 is 10.8. The number of carbonyl (C=O) groups excluding carboxylic acids is 3. The number of benzene rings is 2. The minimum atomic E-state index is -1.36. The molecule has 13 heteroatoms. The van der Waals surface area contributed by atoms with Crippen LogP contribution in [0.15, 0.2) is 51.7 Å². The summed E-state index contributed by atoms with van der Waals surface area (Å²) in [6.45, 7) is 7.76. The zero-order valence-electron chi connectivity index (χ0n) is 27.5. The van der Waals surface area contributed by atoms with Crippen molar-refractivity contribution in [2.75, 3.05) is 0 Å². The van der Waals surface area contributed by atoms with Crippen molar-refractivity contribution >= 4 is 51.9 Å². The van der Waals surface area contributed by atoms with Gasteiger partial charge < -0.3 is 24.8 Å². The first-order valence-corrected chi connectivity index (χ1v) is 17.1. The normalized spacial score (nSPS) is 18.4. The lowest BCUT2D eigenvalue weighted by Gasteiger charge is -2.39. The Morgan fingerprint density at radius 2 is 1.81 bits per heavy atom. The molecule has 4 aromatic rings. The van der Waals surface area contributed by atoms with Crippen molar-refractivity contribution < 1.29 is 23.5 Å². The Kier molecular flexibility index (Phi) is 11.0. The summed E-state index contributed by atoms with van der Waals surface area (Å²) in [6, 6.07) is 11.7. The van der Waals surface area contributed by atoms with Gasteiger partial charge in [-0.15, -0.1) is 5.10 Å². The Morgan fingerprint density at radius 3 is 2.48 bits per heavy atom. The smallest absolute Gasteiger partial charge is 0.434 e. The van der Waals surface area contributed by atoms with E-state index in [9.17, 15) is 19.2 Å². The van der Waals surface area contributed by atoms with E-state index in [2.05, 4.69) is 25.8 Å². The molecule has 2 unspecified atom stereocenters. The molecule has 0 bridgehead atoms. The molecule has 2 heterocycles. The zero-order valence-corrected chi connectivity index (χ0v) is 29.0. The molecule has 0 saturated carbocycles. The van der Waals surface area contributed by atoms with Crippen LogP contribution in [0.2, 0.25) is 10.0 Å². The number of carbonyl (C=O) groups is 3. The second-order valence-electron chi connectivity index (χ2n) is 12.8. The number of halogens is 2. The van der Waals surface area contributed by atoms with Crippen LogP contribution in [-0.2, 0) is 33.8 Å². The van der Waals surface area contributed by atoms with Gasteiger partial charge in [-0.2, -0.15) is 0 Å². The molecule has 0 aliphatic heterocycles. The fourth-order valence-electron chi connectivity index (χ4n) is 6.40. The quantitative estimate of drug-likeness (QED) is 0.122. The first kappa shape index (κ1) is 35.2. The van der Waals surface area contributed by atoms with Crippen molar-refractivity contribution in [3.63, 3.8) is 0 Å². The third kappa shape index (κ3) is 7.63. The SMILES string of the molecule is CCC(C)[C@H](NC(=O)OCc1ccccc1)C(=O)N[C@@]1(C(=O)C[C@H](c2n[nH]c(=O)o2)C(C)CC)CCc2[nH]c3c(Cl)cc(Cl)cc3c2C1.